The number of hydrogen-bond acceptors (Lipinski definition) is 2. The number of carboxylic acids is 2. The highest BCUT2D eigenvalue weighted by atomic mass is 28.3. The maximum atomic E-state index is 10.9. The highest BCUT2D eigenvalue weighted by Crippen LogP contribution is 2.04. The SMILES string of the molecule is O=C(O)C#C[Si](C#CC(=O)O)(c1ccccc1)c1ccccc1. The third-order valence-electron chi connectivity index (χ3n) is 3.13. The Morgan fingerprint density at radius 1 is 0.696 bits per heavy atom. The average molecular weight is 320 g/mol. The summed E-state index contributed by atoms with van der Waals surface area (Å²) in [6, 6.07) is 18.0. The van der Waals surface area contributed by atoms with Gasteiger partial charge >= 0.3 is 11.9 Å². The predicted octanol–water partition coefficient (Wildman–Crippen LogP) is 0.504. The van der Waals surface area contributed by atoms with Crippen LogP contribution in [0.5, 0.6) is 0 Å². The molecule has 0 fully saturated rings. The molecule has 2 aromatic carbocycles. The van der Waals surface area contributed by atoms with Crippen molar-refractivity contribution >= 4 is 30.4 Å². The van der Waals surface area contributed by atoms with E-state index in [1.54, 1.807) is 48.5 Å². The van der Waals surface area contributed by atoms with Gasteiger partial charge in [0.15, 0.2) is 0 Å². The van der Waals surface area contributed by atoms with Crippen LogP contribution in [0.15, 0.2) is 60.7 Å². The number of carboxylic acid groups (broad SMARTS) is 2. The second kappa shape index (κ2) is 7.12. The first-order valence-corrected chi connectivity index (χ1v) is 8.68. The minimum atomic E-state index is -3.16. The van der Waals surface area contributed by atoms with Crippen molar-refractivity contribution in [1.29, 1.82) is 0 Å². The molecule has 5 heteroatoms. The van der Waals surface area contributed by atoms with Crippen LogP contribution >= 0.6 is 0 Å². The smallest absolute Gasteiger partial charge is 0.381 e. The van der Waals surface area contributed by atoms with Crippen LogP contribution in [-0.2, 0) is 9.59 Å². The molecule has 0 atom stereocenters. The van der Waals surface area contributed by atoms with Crippen LogP contribution in [0.3, 0.4) is 0 Å². The van der Waals surface area contributed by atoms with Gasteiger partial charge in [-0.3, -0.25) is 0 Å². The van der Waals surface area contributed by atoms with Crippen LogP contribution in [0.25, 0.3) is 0 Å². The number of benzene rings is 2. The molecule has 0 aliphatic carbocycles. The van der Waals surface area contributed by atoms with E-state index in [1.807, 2.05) is 12.1 Å². The second-order valence-corrected chi connectivity index (χ2v) is 7.75. The lowest BCUT2D eigenvalue weighted by Crippen LogP contribution is -2.57. The minimum Gasteiger partial charge on any atom is -0.472 e. The predicted molar refractivity (Wildman–Crippen MR) is 88.7 cm³/mol. The van der Waals surface area contributed by atoms with Crippen molar-refractivity contribution in [2.75, 3.05) is 0 Å². The van der Waals surface area contributed by atoms with Crippen LogP contribution in [0.4, 0.5) is 0 Å². The quantitative estimate of drug-likeness (QED) is 0.624. The molecular formula is C18H12O4Si. The fourth-order valence-electron chi connectivity index (χ4n) is 2.16. The maximum absolute atomic E-state index is 10.9. The molecule has 0 aromatic heterocycles. The summed E-state index contributed by atoms with van der Waals surface area (Å²) in [5, 5.41) is 19.4. The fourth-order valence-corrected chi connectivity index (χ4v) is 5.10. The maximum Gasteiger partial charge on any atom is 0.381 e. The first-order chi connectivity index (χ1) is 11.0. The second-order valence-electron chi connectivity index (χ2n) is 4.59. The van der Waals surface area contributed by atoms with Crippen molar-refractivity contribution in [3.05, 3.63) is 60.7 Å². The summed E-state index contributed by atoms with van der Waals surface area (Å²) in [6.07, 6.45) is 0. The van der Waals surface area contributed by atoms with E-state index in [4.69, 9.17) is 10.2 Å². The van der Waals surface area contributed by atoms with Crippen molar-refractivity contribution in [3.63, 3.8) is 0 Å². The molecule has 0 radical (unpaired) electrons. The molecule has 2 aromatic rings. The lowest BCUT2D eigenvalue weighted by Gasteiger charge is -2.20. The van der Waals surface area contributed by atoms with Crippen LogP contribution in [0, 0.1) is 22.9 Å². The molecule has 0 saturated carbocycles. The first kappa shape index (κ1) is 16.1. The summed E-state index contributed by atoms with van der Waals surface area (Å²) in [4.78, 5) is 21.9. The zero-order valence-corrected chi connectivity index (χ0v) is 13.0. The van der Waals surface area contributed by atoms with Gasteiger partial charge in [0.05, 0.1) is 0 Å². The average Bonchev–Trinajstić information content (AvgIpc) is 2.56. The van der Waals surface area contributed by atoms with E-state index < -0.39 is 20.0 Å². The molecule has 112 valence electrons. The molecule has 0 saturated heterocycles. The van der Waals surface area contributed by atoms with Crippen molar-refractivity contribution in [3.8, 4) is 22.9 Å². The molecule has 23 heavy (non-hydrogen) atoms. The summed E-state index contributed by atoms with van der Waals surface area (Å²) in [5.41, 5.74) is 5.55. The highest BCUT2D eigenvalue weighted by Gasteiger charge is 2.35. The summed E-state index contributed by atoms with van der Waals surface area (Å²) < 4.78 is 0. The Kier molecular flexibility index (Phi) is 4.98. The summed E-state index contributed by atoms with van der Waals surface area (Å²) in [5.74, 6) is 1.74. The van der Waals surface area contributed by atoms with Crippen molar-refractivity contribution < 1.29 is 19.8 Å². The van der Waals surface area contributed by atoms with Crippen molar-refractivity contribution in [2.45, 2.75) is 0 Å². The molecule has 0 aliphatic heterocycles. The Morgan fingerprint density at radius 2 is 1.04 bits per heavy atom. The first-order valence-electron chi connectivity index (χ1n) is 6.68. The van der Waals surface area contributed by atoms with Gasteiger partial charge in [-0.2, -0.15) is 0 Å². The fraction of sp³-hybridized carbons (Fsp3) is 0. The van der Waals surface area contributed by atoms with Crippen LogP contribution in [-0.4, -0.2) is 30.2 Å². The van der Waals surface area contributed by atoms with Gasteiger partial charge in [0.25, 0.3) is 8.07 Å². The molecular weight excluding hydrogens is 308 g/mol. The topological polar surface area (TPSA) is 74.6 Å². The third kappa shape index (κ3) is 3.88. The largest absolute Gasteiger partial charge is 0.472 e. The lowest BCUT2D eigenvalue weighted by molar-refractivity contribution is -0.131. The molecule has 0 heterocycles. The van der Waals surface area contributed by atoms with Gasteiger partial charge in [0.2, 0.25) is 0 Å². The van der Waals surface area contributed by atoms with Crippen LogP contribution < -0.4 is 10.4 Å². The number of hydrogen-bond donors (Lipinski definition) is 2. The molecule has 0 bridgehead atoms. The van der Waals surface area contributed by atoms with Gasteiger partial charge in [-0.25, -0.2) is 9.59 Å². The summed E-state index contributed by atoms with van der Waals surface area (Å²) in [7, 11) is -3.16. The van der Waals surface area contributed by atoms with E-state index in [0.29, 0.717) is 0 Å². The molecule has 0 spiro atoms. The molecule has 0 unspecified atom stereocenters. The molecule has 2 N–H and O–H groups in total. The van der Waals surface area contributed by atoms with E-state index >= 15 is 0 Å². The number of carbonyl (C=O) groups is 2. The standard InChI is InChI=1S/C18H12O4Si/c19-17(20)11-13-23(14-12-18(21)22,15-7-3-1-4-8-15)16-9-5-2-6-10-16/h1-10H,(H,19,20)(H,21,22). The van der Waals surface area contributed by atoms with E-state index in [0.717, 1.165) is 10.4 Å². The molecule has 2 rings (SSSR count). The Bertz CT molecular complexity index is 763. The van der Waals surface area contributed by atoms with Gasteiger partial charge < -0.3 is 10.2 Å². The van der Waals surface area contributed by atoms with Crippen molar-refractivity contribution in [2.24, 2.45) is 0 Å². The van der Waals surface area contributed by atoms with Gasteiger partial charge in [0.1, 0.15) is 0 Å². The third-order valence-corrected chi connectivity index (χ3v) is 6.53. The van der Waals surface area contributed by atoms with Crippen molar-refractivity contribution in [1.82, 2.24) is 0 Å². The minimum absolute atomic E-state index is 0.744. The van der Waals surface area contributed by atoms with E-state index in [2.05, 4.69) is 22.9 Å². The molecule has 4 nitrogen and oxygen atoms in total. The van der Waals surface area contributed by atoms with Gasteiger partial charge in [0, 0.05) is 11.8 Å². The van der Waals surface area contributed by atoms with Gasteiger partial charge in [-0.1, -0.05) is 71.8 Å². The highest BCUT2D eigenvalue weighted by molar-refractivity contribution is 7.13. The van der Waals surface area contributed by atoms with E-state index in [9.17, 15) is 9.59 Å². The Balaban J connectivity index is 2.80. The van der Waals surface area contributed by atoms with E-state index in [1.165, 1.54) is 0 Å². The normalized spacial score (nSPS) is 9.74. The van der Waals surface area contributed by atoms with Gasteiger partial charge in [-0.15, -0.1) is 0 Å². The number of aliphatic carboxylic acids is 2. The molecule has 0 amide bonds. The number of rotatable bonds is 2. The van der Waals surface area contributed by atoms with Crippen LogP contribution in [0.2, 0.25) is 0 Å². The Hall–Kier alpha value is -3.28. The Morgan fingerprint density at radius 3 is 1.35 bits per heavy atom. The summed E-state index contributed by atoms with van der Waals surface area (Å²) >= 11 is 0. The lowest BCUT2D eigenvalue weighted by atomic mass is 10.4. The monoisotopic (exact) mass is 320 g/mol. The Labute approximate surface area is 134 Å². The zero-order chi connectivity index (χ0) is 16.7. The van der Waals surface area contributed by atoms with E-state index in [-0.39, 0.29) is 0 Å². The zero-order valence-electron chi connectivity index (χ0n) is 12.0. The molecule has 0 aliphatic rings. The van der Waals surface area contributed by atoms with Crippen LogP contribution in [0.1, 0.15) is 0 Å². The summed E-state index contributed by atoms with van der Waals surface area (Å²) in [6.45, 7) is 0. The van der Waals surface area contributed by atoms with Gasteiger partial charge in [-0.05, 0) is 10.4 Å².